The van der Waals surface area contributed by atoms with Crippen molar-refractivity contribution in [2.75, 3.05) is 20.8 Å². The van der Waals surface area contributed by atoms with Crippen molar-refractivity contribution >= 4 is 30.0 Å². The van der Waals surface area contributed by atoms with Gasteiger partial charge in [0.2, 0.25) is 11.9 Å². The number of guanidine groups is 1. The van der Waals surface area contributed by atoms with Crippen LogP contribution in [0.3, 0.4) is 0 Å². The number of hydrogen-bond donors (Lipinski definition) is 4. The highest BCUT2D eigenvalue weighted by atomic mass is 16.5. The molecule has 4 amide bonds. The minimum absolute atomic E-state index is 0.0134. The fourth-order valence-corrected chi connectivity index (χ4v) is 5.19. The summed E-state index contributed by atoms with van der Waals surface area (Å²) in [6.07, 6.45) is -0.525. The van der Waals surface area contributed by atoms with Crippen LogP contribution < -0.4 is 20.7 Å². The number of amides is 4. The second-order valence-electron chi connectivity index (χ2n) is 11.0. The van der Waals surface area contributed by atoms with Gasteiger partial charge in [-0.05, 0) is 55.4 Å². The highest BCUT2D eigenvalue weighted by molar-refractivity contribution is 6.11. The van der Waals surface area contributed by atoms with Crippen molar-refractivity contribution in [1.29, 1.82) is 0 Å². The van der Waals surface area contributed by atoms with Gasteiger partial charge in [0.05, 0.1) is 14.2 Å². The first-order valence-electron chi connectivity index (χ1n) is 14.2. The molecule has 0 radical (unpaired) electrons. The van der Waals surface area contributed by atoms with E-state index in [1.165, 1.54) is 12.0 Å². The number of benzene rings is 2. The van der Waals surface area contributed by atoms with Crippen LogP contribution in [-0.4, -0.2) is 72.8 Å². The van der Waals surface area contributed by atoms with Gasteiger partial charge >= 0.3 is 12.2 Å². The second kappa shape index (κ2) is 15.0. The number of nitrogens with zero attached hydrogens (tertiary/aromatic N) is 2. The van der Waals surface area contributed by atoms with Gasteiger partial charge in [-0.25, -0.2) is 9.59 Å². The molecule has 1 saturated heterocycles. The quantitative estimate of drug-likeness (QED) is 0.273. The molecule has 1 fully saturated rings. The topological polar surface area (TPSA) is 159 Å². The SMILES string of the molecule is COC(=O)NC(Cc1ccc(OC)cc1)C(=O)NC(C)CCCN1C(=O)C(CC(C)C)(c2ccccc2)NC1=NC(=O)O. The number of ether oxygens (including phenoxy) is 2. The minimum atomic E-state index is -1.41. The zero-order chi connectivity index (χ0) is 31.6. The molecule has 43 heavy (non-hydrogen) atoms. The van der Waals surface area contributed by atoms with Gasteiger partial charge in [0.1, 0.15) is 17.3 Å². The maximum Gasteiger partial charge on any atom is 0.434 e. The summed E-state index contributed by atoms with van der Waals surface area (Å²) in [5.74, 6) is 0.127. The molecular formula is C31H41N5O7. The van der Waals surface area contributed by atoms with Gasteiger partial charge in [-0.15, -0.1) is 4.99 Å². The molecule has 3 atom stereocenters. The molecule has 0 spiro atoms. The number of aliphatic imine (C=N–C) groups is 1. The number of hydrogen-bond acceptors (Lipinski definition) is 6. The van der Waals surface area contributed by atoms with Gasteiger partial charge in [-0.3, -0.25) is 14.5 Å². The minimum Gasteiger partial charge on any atom is -0.497 e. The van der Waals surface area contributed by atoms with E-state index < -0.39 is 23.8 Å². The van der Waals surface area contributed by atoms with E-state index in [9.17, 15) is 24.3 Å². The van der Waals surface area contributed by atoms with Gasteiger partial charge in [0, 0.05) is 19.0 Å². The van der Waals surface area contributed by atoms with E-state index in [0.717, 1.165) is 11.1 Å². The second-order valence-corrected chi connectivity index (χ2v) is 11.0. The van der Waals surface area contributed by atoms with Crippen LogP contribution in [0.2, 0.25) is 0 Å². The molecule has 232 valence electrons. The summed E-state index contributed by atoms with van der Waals surface area (Å²) in [7, 11) is 2.79. The van der Waals surface area contributed by atoms with Crippen LogP contribution >= 0.6 is 0 Å². The molecule has 1 aliphatic rings. The lowest BCUT2D eigenvalue weighted by Gasteiger charge is -2.29. The van der Waals surface area contributed by atoms with Crippen molar-refractivity contribution in [2.45, 2.75) is 64.1 Å². The fourth-order valence-electron chi connectivity index (χ4n) is 5.19. The Morgan fingerprint density at radius 1 is 1.02 bits per heavy atom. The predicted molar refractivity (Wildman–Crippen MR) is 161 cm³/mol. The Labute approximate surface area is 251 Å². The zero-order valence-electron chi connectivity index (χ0n) is 25.3. The maximum atomic E-state index is 13.9. The standard InChI is InChI=1S/C31H41N5O7/c1-20(2)19-31(23-11-7-6-8-12-23)27(38)36(28(35-31)34-29(39)40)17-9-10-21(3)32-26(37)25(33-30(41)43-5)18-22-13-15-24(42-4)16-14-22/h6-8,11-16,20-21,25H,9-10,17-19H2,1-5H3,(H,32,37)(H,33,41)(H,34,35)(H,39,40). The normalized spacial score (nSPS) is 18.6. The molecule has 1 heterocycles. The van der Waals surface area contributed by atoms with E-state index in [1.807, 2.05) is 63.2 Å². The lowest BCUT2D eigenvalue weighted by atomic mass is 9.82. The summed E-state index contributed by atoms with van der Waals surface area (Å²) in [5, 5.41) is 18.1. The fraction of sp³-hybridized carbons (Fsp3) is 0.452. The van der Waals surface area contributed by atoms with Crippen LogP contribution in [0.15, 0.2) is 59.6 Å². The van der Waals surface area contributed by atoms with E-state index in [1.54, 1.807) is 19.2 Å². The maximum absolute atomic E-state index is 13.9. The summed E-state index contributed by atoms with van der Waals surface area (Å²) < 4.78 is 9.89. The largest absolute Gasteiger partial charge is 0.497 e. The predicted octanol–water partition coefficient (Wildman–Crippen LogP) is 3.65. The number of nitrogens with one attached hydrogen (secondary N) is 3. The molecule has 3 rings (SSSR count). The first-order chi connectivity index (χ1) is 20.5. The average Bonchev–Trinajstić information content (AvgIpc) is 3.22. The van der Waals surface area contributed by atoms with Crippen LogP contribution in [0.5, 0.6) is 5.75 Å². The highest BCUT2D eigenvalue weighted by Gasteiger charge is 2.51. The van der Waals surface area contributed by atoms with Crippen LogP contribution in [0.1, 0.15) is 51.2 Å². The summed E-state index contributed by atoms with van der Waals surface area (Å²) in [6, 6.07) is 15.2. The van der Waals surface area contributed by atoms with Gasteiger partial charge in [-0.1, -0.05) is 56.3 Å². The van der Waals surface area contributed by atoms with Gasteiger partial charge in [-0.2, -0.15) is 0 Å². The third-order valence-electron chi connectivity index (χ3n) is 7.17. The molecule has 2 aromatic rings. The molecule has 0 aromatic heterocycles. The first kappa shape index (κ1) is 32.9. The van der Waals surface area contributed by atoms with Crippen molar-refractivity contribution in [1.82, 2.24) is 20.9 Å². The summed E-state index contributed by atoms with van der Waals surface area (Å²) in [4.78, 5) is 55.6. The van der Waals surface area contributed by atoms with Crippen molar-refractivity contribution in [3.63, 3.8) is 0 Å². The molecular weight excluding hydrogens is 554 g/mol. The van der Waals surface area contributed by atoms with E-state index >= 15 is 0 Å². The average molecular weight is 596 g/mol. The molecule has 0 aliphatic carbocycles. The van der Waals surface area contributed by atoms with Crippen LogP contribution in [0.25, 0.3) is 0 Å². The summed E-state index contributed by atoms with van der Waals surface area (Å²) >= 11 is 0. The van der Waals surface area contributed by atoms with E-state index in [4.69, 9.17) is 9.47 Å². The van der Waals surface area contributed by atoms with Gasteiger partial charge in [0.25, 0.3) is 5.91 Å². The van der Waals surface area contributed by atoms with Crippen molar-refractivity contribution in [3.05, 3.63) is 65.7 Å². The zero-order valence-corrected chi connectivity index (χ0v) is 25.3. The highest BCUT2D eigenvalue weighted by Crippen LogP contribution is 2.35. The first-order valence-corrected chi connectivity index (χ1v) is 14.2. The Hall–Kier alpha value is -4.61. The van der Waals surface area contributed by atoms with Gasteiger partial charge in [0.15, 0.2) is 0 Å². The number of rotatable bonds is 13. The molecule has 0 saturated carbocycles. The Bertz CT molecular complexity index is 1300. The smallest absolute Gasteiger partial charge is 0.434 e. The Kier molecular flexibility index (Phi) is 11.5. The summed E-state index contributed by atoms with van der Waals surface area (Å²) in [5.41, 5.74) is 0.409. The number of carbonyl (C=O) groups excluding carboxylic acids is 3. The van der Waals surface area contributed by atoms with E-state index in [0.29, 0.717) is 25.0 Å². The van der Waals surface area contributed by atoms with E-state index in [-0.39, 0.29) is 42.7 Å². The molecule has 3 unspecified atom stereocenters. The molecule has 0 bridgehead atoms. The lowest BCUT2D eigenvalue weighted by molar-refractivity contribution is -0.132. The van der Waals surface area contributed by atoms with Crippen molar-refractivity contribution in [3.8, 4) is 5.75 Å². The monoisotopic (exact) mass is 595 g/mol. The summed E-state index contributed by atoms with van der Waals surface area (Å²) in [6.45, 7) is 6.01. The molecule has 1 aliphatic heterocycles. The van der Waals surface area contributed by atoms with Gasteiger partial charge < -0.3 is 30.5 Å². The number of carboxylic acid groups (broad SMARTS) is 1. The lowest BCUT2D eigenvalue weighted by Crippen LogP contribution is -2.50. The Morgan fingerprint density at radius 3 is 2.28 bits per heavy atom. The molecule has 2 aromatic carbocycles. The number of carbonyl (C=O) groups is 4. The third-order valence-corrected chi connectivity index (χ3v) is 7.17. The molecule has 12 heteroatoms. The van der Waals surface area contributed by atoms with Crippen LogP contribution in [0, 0.1) is 5.92 Å². The van der Waals surface area contributed by atoms with Crippen molar-refractivity contribution < 1.29 is 33.8 Å². The third kappa shape index (κ3) is 8.69. The van der Waals surface area contributed by atoms with Crippen LogP contribution in [-0.2, 0) is 26.3 Å². The van der Waals surface area contributed by atoms with E-state index in [2.05, 4.69) is 20.9 Å². The number of methoxy groups -OCH3 is 2. The molecule has 12 nitrogen and oxygen atoms in total. The Morgan fingerprint density at radius 2 is 1.70 bits per heavy atom. The molecule has 4 N–H and O–H groups in total. The number of alkyl carbamates (subject to hydrolysis) is 1. The van der Waals surface area contributed by atoms with Crippen molar-refractivity contribution in [2.24, 2.45) is 10.9 Å². The Balaban J connectivity index is 1.69. The van der Waals surface area contributed by atoms with Crippen LogP contribution in [0.4, 0.5) is 9.59 Å².